The summed E-state index contributed by atoms with van der Waals surface area (Å²) in [5.41, 5.74) is 6.16. The SMILES string of the molecule is COc1ccc(C(c2ccccc2)c2ccc(OC(=O)c3cccc(C(C)=O)c3)c(C)c2)cc1C. The van der Waals surface area contributed by atoms with Crippen molar-refractivity contribution in [3.8, 4) is 11.5 Å². The number of carbonyl (C=O) groups excluding carboxylic acids is 2. The topological polar surface area (TPSA) is 52.6 Å². The molecular formula is C31H28O4. The fourth-order valence-electron chi connectivity index (χ4n) is 4.29. The second kappa shape index (κ2) is 10.4. The maximum absolute atomic E-state index is 12.8. The quantitative estimate of drug-likeness (QED) is 0.129. The molecule has 4 aromatic carbocycles. The molecule has 35 heavy (non-hydrogen) atoms. The third-order valence-corrected chi connectivity index (χ3v) is 6.12. The van der Waals surface area contributed by atoms with Gasteiger partial charge in [-0.2, -0.15) is 0 Å². The van der Waals surface area contributed by atoms with E-state index in [-0.39, 0.29) is 11.7 Å². The predicted octanol–water partition coefficient (Wildman–Crippen LogP) is 6.91. The van der Waals surface area contributed by atoms with Gasteiger partial charge in [-0.05, 0) is 72.9 Å². The van der Waals surface area contributed by atoms with E-state index in [9.17, 15) is 9.59 Å². The van der Waals surface area contributed by atoms with Crippen LogP contribution in [-0.2, 0) is 0 Å². The van der Waals surface area contributed by atoms with E-state index in [1.165, 1.54) is 12.5 Å². The molecule has 0 fully saturated rings. The van der Waals surface area contributed by atoms with Crippen molar-refractivity contribution in [3.05, 3.63) is 130 Å². The fraction of sp³-hybridized carbons (Fsp3) is 0.161. The van der Waals surface area contributed by atoms with E-state index >= 15 is 0 Å². The number of aryl methyl sites for hydroxylation is 2. The Bertz CT molecular complexity index is 1370. The molecule has 0 aliphatic carbocycles. The molecule has 0 heterocycles. The van der Waals surface area contributed by atoms with Gasteiger partial charge in [-0.3, -0.25) is 4.79 Å². The normalized spacial score (nSPS) is 11.5. The van der Waals surface area contributed by atoms with Gasteiger partial charge in [-0.25, -0.2) is 4.79 Å². The Hall–Kier alpha value is -4.18. The Morgan fingerprint density at radius 3 is 1.83 bits per heavy atom. The first-order chi connectivity index (χ1) is 16.9. The summed E-state index contributed by atoms with van der Waals surface area (Å²) in [5.74, 6) is 0.768. The predicted molar refractivity (Wildman–Crippen MR) is 138 cm³/mol. The lowest BCUT2D eigenvalue weighted by atomic mass is 9.84. The Kier molecular flexibility index (Phi) is 7.11. The molecule has 176 valence electrons. The van der Waals surface area contributed by atoms with Crippen molar-refractivity contribution >= 4 is 11.8 Å². The number of benzene rings is 4. The minimum atomic E-state index is -0.491. The Morgan fingerprint density at radius 1 is 0.657 bits per heavy atom. The second-order valence-corrected chi connectivity index (χ2v) is 8.62. The number of rotatable bonds is 7. The summed E-state index contributed by atoms with van der Waals surface area (Å²) in [6.45, 7) is 5.44. The number of ether oxygens (including phenoxy) is 2. The first kappa shape index (κ1) is 24.0. The van der Waals surface area contributed by atoms with Crippen LogP contribution in [0, 0.1) is 13.8 Å². The summed E-state index contributed by atoms with van der Waals surface area (Å²) >= 11 is 0. The molecule has 4 aromatic rings. The maximum Gasteiger partial charge on any atom is 0.343 e. The summed E-state index contributed by atoms with van der Waals surface area (Å²) in [6, 6.07) is 29.0. The van der Waals surface area contributed by atoms with Gasteiger partial charge in [0, 0.05) is 11.5 Å². The van der Waals surface area contributed by atoms with E-state index in [1.807, 2.05) is 50.2 Å². The van der Waals surface area contributed by atoms with Gasteiger partial charge in [0.25, 0.3) is 0 Å². The molecule has 0 radical (unpaired) electrons. The summed E-state index contributed by atoms with van der Waals surface area (Å²) in [6.07, 6.45) is 0. The maximum atomic E-state index is 12.8. The van der Waals surface area contributed by atoms with E-state index in [2.05, 4.69) is 30.3 Å². The van der Waals surface area contributed by atoms with Crippen LogP contribution in [0.15, 0.2) is 91.0 Å². The smallest absolute Gasteiger partial charge is 0.343 e. The lowest BCUT2D eigenvalue weighted by Gasteiger charge is -2.21. The van der Waals surface area contributed by atoms with Gasteiger partial charge in [-0.1, -0.05) is 66.7 Å². The van der Waals surface area contributed by atoms with Crippen LogP contribution in [0.25, 0.3) is 0 Å². The minimum Gasteiger partial charge on any atom is -0.496 e. The average Bonchev–Trinajstić information content (AvgIpc) is 2.86. The molecule has 4 nitrogen and oxygen atoms in total. The zero-order chi connectivity index (χ0) is 24.9. The largest absolute Gasteiger partial charge is 0.496 e. The zero-order valence-electron chi connectivity index (χ0n) is 20.4. The van der Waals surface area contributed by atoms with Crippen LogP contribution in [-0.4, -0.2) is 18.9 Å². The molecule has 0 spiro atoms. The molecule has 1 unspecified atom stereocenters. The minimum absolute atomic E-state index is 0.0107. The van der Waals surface area contributed by atoms with Crippen LogP contribution in [0.5, 0.6) is 11.5 Å². The van der Waals surface area contributed by atoms with Gasteiger partial charge < -0.3 is 9.47 Å². The number of hydrogen-bond acceptors (Lipinski definition) is 4. The average molecular weight is 465 g/mol. The molecule has 0 aromatic heterocycles. The molecule has 1 atom stereocenters. The molecule has 0 amide bonds. The highest BCUT2D eigenvalue weighted by Crippen LogP contribution is 2.36. The standard InChI is InChI=1S/C31H28O4/c1-20-17-25(13-15-28(20)34-4)30(23-9-6-5-7-10-23)26-14-16-29(21(2)18-26)35-31(33)27-12-8-11-24(19-27)22(3)32/h5-19,30H,1-4H3. The third-order valence-electron chi connectivity index (χ3n) is 6.12. The van der Waals surface area contributed by atoms with Crippen molar-refractivity contribution in [2.75, 3.05) is 7.11 Å². The van der Waals surface area contributed by atoms with Crippen molar-refractivity contribution in [1.29, 1.82) is 0 Å². The monoisotopic (exact) mass is 464 g/mol. The van der Waals surface area contributed by atoms with Gasteiger partial charge >= 0.3 is 5.97 Å². The van der Waals surface area contributed by atoms with Crippen LogP contribution in [0.2, 0.25) is 0 Å². The van der Waals surface area contributed by atoms with E-state index in [4.69, 9.17) is 9.47 Å². The van der Waals surface area contributed by atoms with Crippen LogP contribution in [0.3, 0.4) is 0 Å². The molecule has 0 aliphatic rings. The summed E-state index contributed by atoms with van der Waals surface area (Å²) < 4.78 is 11.1. The first-order valence-electron chi connectivity index (χ1n) is 11.5. The summed E-state index contributed by atoms with van der Waals surface area (Å²) in [4.78, 5) is 24.4. The Labute approximate surface area is 206 Å². The van der Waals surface area contributed by atoms with Gasteiger partial charge in [-0.15, -0.1) is 0 Å². The second-order valence-electron chi connectivity index (χ2n) is 8.62. The lowest BCUT2D eigenvalue weighted by molar-refractivity contribution is 0.0733. The Morgan fingerprint density at radius 2 is 1.26 bits per heavy atom. The highest BCUT2D eigenvalue weighted by molar-refractivity contribution is 5.98. The lowest BCUT2D eigenvalue weighted by Crippen LogP contribution is -2.11. The number of methoxy groups -OCH3 is 1. The van der Waals surface area contributed by atoms with Crippen LogP contribution >= 0.6 is 0 Å². The summed E-state index contributed by atoms with van der Waals surface area (Å²) in [7, 11) is 1.68. The molecule has 0 bridgehead atoms. The van der Waals surface area contributed by atoms with E-state index < -0.39 is 5.97 Å². The van der Waals surface area contributed by atoms with Crippen molar-refractivity contribution in [2.45, 2.75) is 26.7 Å². The summed E-state index contributed by atoms with van der Waals surface area (Å²) in [5, 5.41) is 0. The Balaban J connectivity index is 1.67. The number of esters is 1. The van der Waals surface area contributed by atoms with E-state index in [0.717, 1.165) is 28.0 Å². The first-order valence-corrected chi connectivity index (χ1v) is 11.5. The van der Waals surface area contributed by atoms with Crippen molar-refractivity contribution in [3.63, 3.8) is 0 Å². The van der Waals surface area contributed by atoms with E-state index in [0.29, 0.717) is 16.9 Å². The highest BCUT2D eigenvalue weighted by atomic mass is 16.5. The number of hydrogen-bond donors (Lipinski definition) is 0. The number of carbonyl (C=O) groups is 2. The number of Topliss-reactive ketones (excluding diaryl/α,β-unsaturated/α-hetero) is 1. The van der Waals surface area contributed by atoms with Crippen molar-refractivity contribution < 1.29 is 19.1 Å². The van der Waals surface area contributed by atoms with Crippen LogP contribution < -0.4 is 9.47 Å². The molecule has 4 heteroatoms. The van der Waals surface area contributed by atoms with Gasteiger partial charge in [0.05, 0.1) is 12.7 Å². The highest BCUT2D eigenvalue weighted by Gasteiger charge is 2.20. The van der Waals surface area contributed by atoms with Gasteiger partial charge in [0.1, 0.15) is 11.5 Å². The molecule has 0 N–H and O–H groups in total. The molecule has 0 saturated heterocycles. The molecular weight excluding hydrogens is 436 g/mol. The third kappa shape index (κ3) is 5.33. The van der Waals surface area contributed by atoms with Crippen LogP contribution in [0.1, 0.15) is 61.4 Å². The van der Waals surface area contributed by atoms with Gasteiger partial charge in [0.15, 0.2) is 5.78 Å². The zero-order valence-corrected chi connectivity index (χ0v) is 20.4. The van der Waals surface area contributed by atoms with Crippen molar-refractivity contribution in [1.82, 2.24) is 0 Å². The molecule has 0 saturated carbocycles. The molecule has 0 aliphatic heterocycles. The van der Waals surface area contributed by atoms with Gasteiger partial charge in [0.2, 0.25) is 0 Å². The van der Waals surface area contributed by atoms with E-state index in [1.54, 1.807) is 31.4 Å². The fourth-order valence-corrected chi connectivity index (χ4v) is 4.29. The number of ketones is 1. The van der Waals surface area contributed by atoms with Crippen LogP contribution in [0.4, 0.5) is 0 Å². The van der Waals surface area contributed by atoms with Crippen molar-refractivity contribution in [2.24, 2.45) is 0 Å². The molecule has 4 rings (SSSR count).